The molecule has 3 N–H and O–H groups in total. The molecule has 1 aromatic rings. The average Bonchev–Trinajstić information content (AvgIpc) is 2.16. The van der Waals surface area contributed by atoms with E-state index in [-0.39, 0.29) is 11.9 Å². The molecule has 0 spiro atoms. The first-order chi connectivity index (χ1) is 6.66. The molecule has 0 radical (unpaired) electrons. The Morgan fingerprint density at radius 2 is 2.36 bits per heavy atom. The van der Waals surface area contributed by atoms with Crippen LogP contribution in [0.4, 0.5) is 4.39 Å². The van der Waals surface area contributed by atoms with Gasteiger partial charge in [0.1, 0.15) is 23.9 Å². The maximum atomic E-state index is 12.8. The Morgan fingerprint density at radius 3 is 3.07 bits per heavy atom. The molecule has 0 aromatic heterocycles. The molecule has 1 heterocycles. The lowest BCUT2D eigenvalue weighted by molar-refractivity contribution is 0.0281. The number of hydrogen-bond donors (Lipinski definition) is 2. The SMILES string of the molecule is NC(O)C1CCc2cc(F)ccc2O1. The number of ether oxygens (including phenoxy) is 1. The summed E-state index contributed by atoms with van der Waals surface area (Å²) in [6.07, 6.45) is -0.0543. The summed E-state index contributed by atoms with van der Waals surface area (Å²) in [5, 5.41) is 9.14. The van der Waals surface area contributed by atoms with Gasteiger partial charge in [-0.15, -0.1) is 0 Å². The molecule has 0 saturated carbocycles. The maximum Gasteiger partial charge on any atom is 0.139 e. The molecule has 76 valence electrons. The molecule has 4 heteroatoms. The molecule has 3 nitrogen and oxygen atoms in total. The van der Waals surface area contributed by atoms with Crippen LogP contribution in [0, 0.1) is 5.82 Å². The number of aliphatic hydroxyl groups excluding tert-OH is 1. The summed E-state index contributed by atoms with van der Waals surface area (Å²) in [6.45, 7) is 0. The molecule has 0 amide bonds. The standard InChI is InChI=1S/C10H12FNO2/c11-7-2-4-8-6(5-7)1-3-9(14-8)10(12)13/h2,4-5,9-10,13H,1,3,12H2. The largest absolute Gasteiger partial charge is 0.486 e. The van der Waals surface area contributed by atoms with Crippen LogP contribution in [-0.2, 0) is 6.42 Å². The third-order valence-corrected chi connectivity index (χ3v) is 2.38. The maximum absolute atomic E-state index is 12.8. The highest BCUT2D eigenvalue weighted by Gasteiger charge is 2.23. The van der Waals surface area contributed by atoms with E-state index in [0.717, 1.165) is 5.56 Å². The first-order valence-electron chi connectivity index (χ1n) is 4.55. The topological polar surface area (TPSA) is 55.5 Å². The van der Waals surface area contributed by atoms with Gasteiger partial charge in [0.15, 0.2) is 0 Å². The average molecular weight is 197 g/mol. The van der Waals surface area contributed by atoms with E-state index in [1.54, 1.807) is 6.07 Å². The Bertz CT molecular complexity index is 341. The summed E-state index contributed by atoms with van der Waals surface area (Å²) < 4.78 is 18.2. The minimum Gasteiger partial charge on any atom is -0.486 e. The number of halogens is 1. The van der Waals surface area contributed by atoms with Gasteiger partial charge in [0, 0.05) is 0 Å². The number of benzene rings is 1. The van der Waals surface area contributed by atoms with Gasteiger partial charge in [-0.3, -0.25) is 0 Å². The predicted octanol–water partition coefficient (Wildman–Crippen LogP) is 0.796. The Kier molecular flexibility index (Phi) is 2.39. The van der Waals surface area contributed by atoms with E-state index in [1.807, 2.05) is 0 Å². The van der Waals surface area contributed by atoms with Crippen LogP contribution in [0.3, 0.4) is 0 Å². The van der Waals surface area contributed by atoms with Crippen LogP contribution in [-0.4, -0.2) is 17.4 Å². The monoisotopic (exact) mass is 197 g/mol. The van der Waals surface area contributed by atoms with Crippen molar-refractivity contribution in [2.75, 3.05) is 0 Å². The molecule has 14 heavy (non-hydrogen) atoms. The lowest BCUT2D eigenvalue weighted by Crippen LogP contribution is -2.40. The van der Waals surface area contributed by atoms with Gasteiger partial charge in [0.2, 0.25) is 0 Å². The van der Waals surface area contributed by atoms with Crippen molar-refractivity contribution in [3.05, 3.63) is 29.6 Å². The zero-order valence-electron chi connectivity index (χ0n) is 7.61. The van der Waals surface area contributed by atoms with Crippen molar-refractivity contribution in [2.24, 2.45) is 5.73 Å². The van der Waals surface area contributed by atoms with E-state index in [1.165, 1.54) is 12.1 Å². The highest BCUT2D eigenvalue weighted by molar-refractivity contribution is 5.35. The van der Waals surface area contributed by atoms with Gasteiger partial charge < -0.3 is 15.6 Å². The fourth-order valence-corrected chi connectivity index (χ4v) is 1.62. The Labute approximate surface area is 81.3 Å². The van der Waals surface area contributed by atoms with Gasteiger partial charge in [0.05, 0.1) is 0 Å². The third kappa shape index (κ3) is 1.71. The van der Waals surface area contributed by atoms with E-state index in [4.69, 9.17) is 15.6 Å². The van der Waals surface area contributed by atoms with Crippen molar-refractivity contribution in [2.45, 2.75) is 25.2 Å². The van der Waals surface area contributed by atoms with Gasteiger partial charge in [-0.1, -0.05) is 0 Å². The highest BCUT2D eigenvalue weighted by atomic mass is 19.1. The molecule has 2 unspecified atom stereocenters. The molecule has 2 atom stereocenters. The molecule has 1 aliphatic rings. The molecule has 1 aromatic carbocycles. The summed E-state index contributed by atoms with van der Waals surface area (Å²) >= 11 is 0. The predicted molar refractivity (Wildman–Crippen MR) is 49.3 cm³/mol. The molecule has 0 bridgehead atoms. The lowest BCUT2D eigenvalue weighted by Gasteiger charge is -2.27. The molecule has 0 aliphatic carbocycles. The lowest BCUT2D eigenvalue weighted by atomic mass is 10.0. The second-order valence-corrected chi connectivity index (χ2v) is 3.44. The minimum absolute atomic E-state index is 0.265. The van der Waals surface area contributed by atoms with Crippen LogP contribution in [0.2, 0.25) is 0 Å². The number of rotatable bonds is 1. The summed E-state index contributed by atoms with van der Waals surface area (Å²) in [6, 6.07) is 4.36. The summed E-state index contributed by atoms with van der Waals surface area (Å²) in [5.41, 5.74) is 6.15. The zero-order valence-corrected chi connectivity index (χ0v) is 7.61. The third-order valence-electron chi connectivity index (χ3n) is 2.38. The highest BCUT2D eigenvalue weighted by Crippen LogP contribution is 2.28. The van der Waals surface area contributed by atoms with Crippen molar-refractivity contribution < 1.29 is 14.2 Å². The van der Waals surface area contributed by atoms with Gasteiger partial charge >= 0.3 is 0 Å². The second kappa shape index (κ2) is 3.55. The van der Waals surface area contributed by atoms with E-state index in [9.17, 15) is 4.39 Å². The molecule has 0 fully saturated rings. The molecule has 1 aliphatic heterocycles. The molecule has 0 saturated heterocycles. The molecule has 2 rings (SSSR count). The van der Waals surface area contributed by atoms with Crippen molar-refractivity contribution >= 4 is 0 Å². The first-order valence-corrected chi connectivity index (χ1v) is 4.55. The van der Waals surface area contributed by atoms with Crippen molar-refractivity contribution in [3.63, 3.8) is 0 Å². The molecular formula is C10H12FNO2. The molecular weight excluding hydrogens is 185 g/mol. The summed E-state index contributed by atoms with van der Waals surface area (Å²) in [7, 11) is 0. The smallest absolute Gasteiger partial charge is 0.139 e. The first kappa shape index (κ1) is 9.43. The van der Waals surface area contributed by atoms with Crippen LogP contribution < -0.4 is 10.5 Å². The second-order valence-electron chi connectivity index (χ2n) is 3.44. The fraction of sp³-hybridized carbons (Fsp3) is 0.400. The number of hydrogen-bond acceptors (Lipinski definition) is 3. The van der Waals surface area contributed by atoms with E-state index >= 15 is 0 Å². The summed E-state index contributed by atoms with van der Waals surface area (Å²) in [4.78, 5) is 0. The van der Waals surface area contributed by atoms with Crippen LogP contribution >= 0.6 is 0 Å². The van der Waals surface area contributed by atoms with Gasteiger partial charge in [-0.25, -0.2) is 4.39 Å². The quantitative estimate of drug-likeness (QED) is 0.654. The normalized spacial score (nSPS) is 22.4. The zero-order chi connectivity index (χ0) is 10.1. The van der Waals surface area contributed by atoms with Gasteiger partial charge in [-0.05, 0) is 36.6 Å². The Morgan fingerprint density at radius 1 is 1.57 bits per heavy atom. The van der Waals surface area contributed by atoms with E-state index in [0.29, 0.717) is 18.6 Å². The number of fused-ring (bicyclic) bond motifs is 1. The van der Waals surface area contributed by atoms with Crippen LogP contribution in [0.1, 0.15) is 12.0 Å². The summed E-state index contributed by atoms with van der Waals surface area (Å²) in [5.74, 6) is 0.353. The van der Waals surface area contributed by atoms with Gasteiger partial charge in [0.25, 0.3) is 0 Å². The Balaban J connectivity index is 2.23. The van der Waals surface area contributed by atoms with Gasteiger partial charge in [-0.2, -0.15) is 0 Å². The van der Waals surface area contributed by atoms with Crippen LogP contribution in [0.5, 0.6) is 5.75 Å². The number of nitrogens with two attached hydrogens (primary N) is 1. The van der Waals surface area contributed by atoms with Crippen molar-refractivity contribution in [1.29, 1.82) is 0 Å². The Hall–Kier alpha value is -1.13. The van der Waals surface area contributed by atoms with E-state index < -0.39 is 6.23 Å². The van der Waals surface area contributed by atoms with E-state index in [2.05, 4.69) is 0 Å². The van der Waals surface area contributed by atoms with Crippen LogP contribution in [0.25, 0.3) is 0 Å². The fourth-order valence-electron chi connectivity index (χ4n) is 1.62. The number of aliphatic hydroxyl groups is 1. The number of aryl methyl sites for hydroxylation is 1. The minimum atomic E-state index is -0.979. The van der Waals surface area contributed by atoms with Crippen molar-refractivity contribution in [3.8, 4) is 5.75 Å². The van der Waals surface area contributed by atoms with Crippen molar-refractivity contribution in [1.82, 2.24) is 0 Å². The van der Waals surface area contributed by atoms with Crippen LogP contribution in [0.15, 0.2) is 18.2 Å².